The van der Waals surface area contributed by atoms with Gasteiger partial charge in [0.1, 0.15) is 9.84 Å². The van der Waals surface area contributed by atoms with Crippen LogP contribution in [0, 0.1) is 0 Å². The van der Waals surface area contributed by atoms with Crippen LogP contribution in [0.15, 0.2) is 0 Å². The molecule has 0 aliphatic carbocycles. The molecule has 0 radical (unpaired) electrons. The summed E-state index contributed by atoms with van der Waals surface area (Å²) in [6.45, 7) is 0. The van der Waals surface area contributed by atoms with Crippen molar-refractivity contribution in [2.75, 3.05) is 26.1 Å². The van der Waals surface area contributed by atoms with Gasteiger partial charge in [-0.25, -0.2) is 8.42 Å². The van der Waals surface area contributed by atoms with E-state index in [0.29, 0.717) is 0 Å². The summed E-state index contributed by atoms with van der Waals surface area (Å²) in [7, 11) is -0.110. The molecule has 1 atom stereocenters. The van der Waals surface area contributed by atoms with Gasteiger partial charge in [-0.3, -0.25) is 4.79 Å². The summed E-state index contributed by atoms with van der Waals surface area (Å²) in [4.78, 5) is 12.3. The Kier molecular flexibility index (Phi) is 3.66. The Labute approximate surface area is 72.5 Å². The summed E-state index contributed by atoms with van der Waals surface area (Å²) in [5.41, 5.74) is 5.33. The van der Waals surface area contributed by atoms with Gasteiger partial charge >= 0.3 is 0 Å². The quantitative estimate of drug-likeness (QED) is 0.589. The van der Waals surface area contributed by atoms with Crippen LogP contribution in [0.5, 0.6) is 0 Å². The van der Waals surface area contributed by atoms with Crippen LogP contribution in [0.4, 0.5) is 0 Å². The van der Waals surface area contributed by atoms with Crippen molar-refractivity contribution in [1.29, 1.82) is 0 Å². The second kappa shape index (κ2) is 3.86. The van der Waals surface area contributed by atoms with E-state index >= 15 is 0 Å². The van der Waals surface area contributed by atoms with E-state index < -0.39 is 15.9 Å². The third-order valence-corrected chi connectivity index (χ3v) is 2.20. The number of rotatable bonds is 3. The number of likely N-dealkylation sites (N-methyl/N-ethyl adjacent to an activating group) is 1. The summed E-state index contributed by atoms with van der Waals surface area (Å²) in [6, 6.07) is -0.949. The van der Waals surface area contributed by atoms with Crippen molar-refractivity contribution in [3.05, 3.63) is 0 Å². The summed E-state index contributed by atoms with van der Waals surface area (Å²) in [6.07, 6.45) is 1.05. The maximum atomic E-state index is 11.1. The molecule has 1 amide bonds. The first kappa shape index (κ1) is 11.4. The molecule has 2 N–H and O–H groups in total. The zero-order valence-corrected chi connectivity index (χ0v) is 8.26. The number of amides is 1. The van der Waals surface area contributed by atoms with Gasteiger partial charge in [0.2, 0.25) is 5.91 Å². The minimum Gasteiger partial charge on any atom is -0.347 e. The van der Waals surface area contributed by atoms with E-state index in [-0.39, 0.29) is 11.7 Å². The van der Waals surface area contributed by atoms with Crippen LogP contribution in [-0.4, -0.2) is 51.4 Å². The van der Waals surface area contributed by atoms with Crippen molar-refractivity contribution >= 4 is 15.7 Å². The number of hydrogen-bond acceptors (Lipinski definition) is 4. The summed E-state index contributed by atoms with van der Waals surface area (Å²) in [5.74, 6) is -0.676. The summed E-state index contributed by atoms with van der Waals surface area (Å²) >= 11 is 0. The van der Waals surface area contributed by atoms with E-state index in [1.165, 1.54) is 19.0 Å². The highest BCUT2D eigenvalue weighted by Crippen LogP contribution is 1.91. The molecule has 0 heterocycles. The van der Waals surface area contributed by atoms with Crippen LogP contribution in [0.25, 0.3) is 0 Å². The molecule has 0 aromatic rings. The molecule has 5 nitrogen and oxygen atoms in total. The van der Waals surface area contributed by atoms with Crippen LogP contribution in [0.3, 0.4) is 0 Å². The molecule has 0 rings (SSSR count). The minimum absolute atomic E-state index is 0.302. The molecule has 0 aliphatic heterocycles. The molecule has 0 saturated carbocycles. The van der Waals surface area contributed by atoms with Crippen LogP contribution in [0.1, 0.15) is 0 Å². The fraction of sp³-hybridized carbons (Fsp3) is 0.833. The highest BCUT2D eigenvalue weighted by atomic mass is 32.2. The number of nitrogens with two attached hydrogens (primary N) is 1. The smallest absolute Gasteiger partial charge is 0.240 e. The molecule has 0 spiro atoms. The maximum Gasteiger partial charge on any atom is 0.240 e. The molecular formula is C6H14N2O3S. The third kappa shape index (κ3) is 4.30. The lowest BCUT2D eigenvalue weighted by atomic mass is 10.3. The zero-order chi connectivity index (χ0) is 9.94. The lowest BCUT2D eigenvalue weighted by molar-refractivity contribution is -0.129. The van der Waals surface area contributed by atoms with E-state index in [9.17, 15) is 13.2 Å². The van der Waals surface area contributed by atoms with Gasteiger partial charge in [0.15, 0.2) is 0 Å². The molecular weight excluding hydrogens is 180 g/mol. The second-order valence-corrected chi connectivity index (χ2v) is 5.12. The lowest BCUT2D eigenvalue weighted by Gasteiger charge is -2.15. The molecule has 0 aliphatic rings. The lowest BCUT2D eigenvalue weighted by Crippen LogP contribution is -2.44. The highest BCUT2D eigenvalue weighted by Gasteiger charge is 2.19. The number of carbonyl (C=O) groups is 1. The maximum absolute atomic E-state index is 11.1. The molecule has 0 fully saturated rings. The Morgan fingerprint density at radius 3 is 2.17 bits per heavy atom. The predicted octanol–water partition coefficient (Wildman–Crippen LogP) is -1.55. The Hall–Kier alpha value is -0.620. The average molecular weight is 194 g/mol. The topological polar surface area (TPSA) is 80.5 Å². The first-order chi connectivity index (χ1) is 5.24. The van der Waals surface area contributed by atoms with Crippen LogP contribution < -0.4 is 5.73 Å². The normalized spacial score (nSPS) is 14.0. The van der Waals surface area contributed by atoms with E-state index in [1.54, 1.807) is 0 Å². The van der Waals surface area contributed by atoms with Gasteiger partial charge in [0, 0.05) is 20.4 Å². The number of hydrogen-bond donors (Lipinski definition) is 1. The van der Waals surface area contributed by atoms with E-state index in [0.717, 1.165) is 6.26 Å². The zero-order valence-electron chi connectivity index (χ0n) is 7.44. The fourth-order valence-corrected chi connectivity index (χ4v) is 1.52. The monoisotopic (exact) mass is 194 g/mol. The molecule has 0 saturated heterocycles. The number of sulfone groups is 1. The van der Waals surface area contributed by atoms with E-state index in [4.69, 9.17) is 5.73 Å². The number of carbonyl (C=O) groups excluding carboxylic acids is 1. The van der Waals surface area contributed by atoms with Crippen molar-refractivity contribution in [2.45, 2.75) is 6.04 Å². The van der Waals surface area contributed by atoms with Crippen LogP contribution in [0.2, 0.25) is 0 Å². The molecule has 12 heavy (non-hydrogen) atoms. The van der Waals surface area contributed by atoms with Gasteiger partial charge in [-0.2, -0.15) is 0 Å². The minimum atomic E-state index is -3.17. The molecule has 6 heteroatoms. The molecule has 0 bridgehead atoms. The van der Waals surface area contributed by atoms with Crippen LogP contribution >= 0.6 is 0 Å². The van der Waals surface area contributed by atoms with Crippen molar-refractivity contribution in [1.82, 2.24) is 4.90 Å². The van der Waals surface area contributed by atoms with Gasteiger partial charge in [0.05, 0.1) is 11.8 Å². The van der Waals surface area contributed by atoms with Gasteiger partial charge in [0.25, 0.3) is 0 Å². The van der Waals surface area contributed by atoms with E-state index in [2.05, 4.69) is 0 Å². The summed E-state index contributed by atoms with van der Waals surface area (Å²) in [5, 5.41) is 0. The Morgan fingerprint density at radius 1 is 1.50 bits per heavy atom. The molecule has 0 unspecified atom stereocenters. The Balaban J connectivity index is 4.24. The Morgan fingerprint density at radius 2 is 1.92 bits per heavy atom. The number of nitrogens with zero attached hydrogens (tertiary/aromatic N) is 1. The first-order valence-corrected chi connectivity index (χ1v) is 5.44. The third-order valence-electron chi connectivity index (χ3n) is 1.24. The van der Waals surface area contributed by atoms with Crippen LogP contribution in [-0.2, 0) is 14.6 Å². The molecule has 72 valence electrons. The standard InChI is InChI=1S/C6H14N2O3S/c1-8(2)6(9)5(7)4-12(3,10)11/h5H,4,7H2,1-3H3/t5-/m0/s1. The highest BCUT2D eigenvalue weighted by molar-refractivity contribution is 7.90. The predicted molar refractivity (Wildman–Crippen MR) is 46.4 cm³/mol. The van der Waals surface area contributed by atoms with Gasteiger partial charge in [-0.05, 0) is 0 Å². The summed E-state index contributed by atoms with van der Waals surface area (Å²) < 4.78 is 21.4. The molecule has 0 aromatic heterocycles. The van der Waals surface area contributed by atoms with Gasteiger partial charge in [-0.15, -0.1) is 0 Å². The van der Waals surface area contributed by atoms with Crippen molar-refractivity contribution < 1.29 is 13.2 Å². The van der Waals surface area contributed by atoms with Crippen molar-refractivity contribution in [2.24, 2.45) is 5.73 Å². The van der Waals surface area contributed by atoms with Crippen molar-refractivity contribution in [3.63, 3.8) is 0 Å². The van der Waals surface area contributed by atoms with E-state index in [1.807, 2.05) is 0 Å². The average Bonchev–Trinajstić information content (AvgIpc) is 1.82. The van der Waals surface area contributed by atoms with Crippen molar-refractivity contribution in [3.8, 4) is 0 Å². The second-order valence-electron chi connectivity index (χ2n) is 2.93. The van der Waals surface area contributed by atoms with Gasteiger partial charge < -0.3 is 10.6 Å². The fourth-order valence-electron chi connectivity index (χ4n) is 0.729. The SMILES string of the molecule is CN(C)C(=O)[C@@H](N)CS(C)(=O)=O. The largest absolute Gasteiger partial charge is 0.347 e. The molecule has 0 aromatic carbocycles. The van der Waals surface area contributed by atoms with Gasteiger partial charge in [-0.1, -0.05) is 0 Å². The Bertz CT molecular complexity index is 258. The first-order valence-electron chi connectivity index (χ1n) is 3.38.